The molecule has 0 atom stereocenters. The van der Waals surface area contributed by atoms with Crippen LogP contribution in [-0.2, 0) is 0 Å². The van der Waals surface area contributed by atoms with Crippen LogP contribution in [0, 0.1) is 11.8 Å². The van der Waals surface area contributed by atoms with Crippen LogP contribution in [0.1, 0.15) is 31.8 Å². The fourth-order valence-electron chi connectivity index (χ4n) is 3.50. The molecule has 0 fully saturated rings. The number of aromatic carboxylic acids is 2. The van der Waals surface area contributed by atoms with Crippen LogP contribution in [0.2, 0.25) is 0 Å². The lowest BCUT2D eigenvalue weighted by molar-refractivity contribution is 0.0686. The minimum atomic E-state index is -1.06. The molecule has 4 rings (SSSR count). The molecule has 0 aromatic heterocycles. The zero-order valence-corrected chi connectivity index (χ0v) is 16.9. The summed E-state index contributed by atoms with van der Waals surface area (Å²) >= 11 is 0. The van der Waals surface area contributed by atoms with Gasteiger partial charge in [0.25, 0.3) is 0 Å². The van der Waals surface area contributed by atoms with Crippen molar-refractivity contribution >= 4 is 11.9 Å². The summed E-state index contributed by atoms with van der Waals surface area (Å²) in [7, 11) is 0. The average Bonchev–Trinajstić information content (AvgIpc) is 2.83. The molecule has 154 valence electrons. The Morgan fingerprint density at radius 3 is 1.81 bits per heavy atom. The second-order valence-corrected chi connectivity index (χ2v) is 7.08. The molecule has 0 heterocycles. The van der Waals surface area contributed by atoms with E-state index in [1.807, 2.05) is 60.7 Å². The van der Waals surface area contributed by atoms with E-state index in [2.05, 4.69) is 11.8 Å². The minimum absolute atomic E-state index is 0.109. The molecular formula is C28H18O4. The summed E-state index contributed by atoms with van der Waals surface area (Å²) in [6, 6.07) is 28.7. The Balaban J connectivity index is 2.00. The van der Waals surface area contributed by atoms with Crippen LogP contribution in [0.15, 0.2) is 97.1 Å². The van der Waals surface area contributed by atoms with Crippen molar-refractivity contribution in [3.63, 3.8) is 0 Å². The van der Waals surface area contributed by atoms with E-state index in [0.29, 0.717) is 11.1 Å². The monoisotopic (exact) mass is 418 g/mol. The molecule has 4 aromatic carbocycles. The number of carboxylic acid groups (broad SMARTS) is 2. The van der Waals surface area contributed by atoms with Gasteiger partial charge in [-0.1, -0.05) is 78.6 Å². The van der Waals surface area contributed by atoms with Gasteiger partial charge in [-0.2, -0.15) is 0 Å². The fourth-order valence-corrected chi connectivity index (χ4v) is 3.50. The van der Waals surface area contributed by atoms with Crippen molar-refractivity contribution in [2.45, 2.75) is 0 Å². The summed E-state index contributed by atoms with van der Waals surface area (Å²) in [5.74, 6) is 4.10. The van der Waals surface area contributed by atoms with Crippen LogP contribution in [-0.4, -0.2) is 22.2 Å². The van der Waals surface area contributed by atoms with E-state index in [-0.39, 0.29) is 11.1 Å². The number of carbonyl (C=O) groups is 2. The van der Waals surface area contributed by atoms with Gasteiger partial charge in [0.2, 0.25) is 0 Å². The van der Waals surface area contributed by atoms with Crippen LogP contribution >= 0.6 is 0 Å². The smallest absolute Gasteiger partial charge is 0.336 e. The van der Waals surface area contributed by atoms with Gasteiger partial charge < -0.3 is 10.2 Å². The average molecular weight is 418 g/mol. The zero-order valence-electron chi connectivity index (χ0n) is 16.9. The Labute approximate surface area is 185 Å². The highest BCUT2D eigenvalue weighted by Gasteiger charge is 2.19. The highest BCUT2D eigenvalue weighted by atomic mass is 16.4. The number of hydrogen-bond acceptors (Lipinski definition) is 2. The maximum absolute atomic E-state index is 12.1. The first-order chi connectivity index (χ1) is 15.5. The summed E-state index contributed by atoms with van der Waals surface area (Å²) in [6.07, 6.45) is 0. The highest BCUT2D eigenvalue weighted by Crippen LogP contribution is 2.36. The van der Waals surface area contributed by atoms with Gasteiger partial charge in [0.05, 0.1) is 11.1 Å². The van der Waals surface area contributed by atoms with Crippen molar-refractivity contribution in [2.75, 3.05) is 0 Å². The fraction of sp³-hybridized carbons (Fsp3) is 0. The van der Waals surface area contributed by atoms with Gasteiger partial charge in [-0.25, -0.2) is 9.59 Å². The molecule has 0 unspecified atom stereocenters. The van der Waals surface area contributed by atoms with Gasteiger partial charge in [-0.05, 0) is 47.0 Å². The van der Waals surface area contributed by atoms with Crippen LogP contribution in [0.4, 0.5) is 0 Å². The molecule has 4 aromatic rings. The van der Waals surface area contributed by atoms with Crippen molar-refractivity contribution in [1.82, 2.24) is 0 Å². The zero-order chi connectivity index (χ0) is 22.5. The van der Waals surface area contributed by atoms with Crippen LogP contribution < -0.4 is 0 Å². The van der Waals surface area contributed by atoms with Gasteiger partial charge in [0.15, 0.2) is 0 Å². The predicted octanol–water partition coefficient (Wildman–Crippen LogP) is 5.82. The third-order valence-electron chi connectivity index (χ3n) is 5.05. The largest absolute Gasteiger partial charge is 0.478 e. The van der Waals surface area contributed by atoms with Gasteiger partial charge in [0.1, 0.15) is 0 Å². The van der Waals surface area contributed by atoms with Crippen LogP contribution in [0.5, 0.6) is 0 Å². The lowest BCUT2D eigenvalue weighted by Gasteiger charge is -2.15. The third-order valence-corrected chi connectivity index (χ3v) is 5.05. The second-order valence-electron chi connectivity index (χ2n) is 7.08. The Hall–Kier alpha value is -4.62. The first-order valence-electron chi connectivity index (χ1n) is 9.91. The lowest BCUT2D eigenvalue weighted by Crippen LogP contribution is -2.04. The van der Waals surface area contributed by atoms with E-state index in [9.17, 15) is 19.8 Å². The molecule has 0 spiro atoms. The molecule has 0 saturated carbocycles. The van der Waals surface area contributed by atoms with Crippen molar-refractivity contribution in [3.05, 3.63) is 119 Å². The summed E-state index contributed by atoms with van der Waals surface area (Å²) in [4.78, 5) is 23.3. The van der Waals surface area contributed by atoms with Gasteiger partial charge in [-0.3, -0.25) is 0 Å². The van der Waals surface area contributed by atoms with Crippen molar-refractivity contribution in [1.29, 1.82) is 0 Å². The van der Waals surface area contributed by atoms with E-state index >= 15 is 0 Å². The summed E-state index contributed by atoms with van der Waals surface area (Å²) in [5, 5.41) is 19.1. The normalized spacial score (nSPS) is 10.1. The van der Waals surface area contributed by atoms with E-state index in [1.54, 1.807) is 24.3 Å². The molecule has 32 heavy (non-hydrogen) atoms. The molecule has 2 N–H and O–H groups in total. The van der Waals surface area contributed by atoms with E-state index in [0.717, 1.165) is 22.3 Å². The Kier molecular flexibility index (Phi) is 5.83. The number of rotatable bonds is 4. The Morgan fingerprint density at radius 2 is 1.22 bits per heavy atom. The Bertz CT molecular complexity index is 1340. The number of benzene rings is 4. The number of carboxylic acids is 2. The topological polar surface area (TPSA) is 74.6 Å². The molecule has 0 aliphatic rings. The van der Waals surface area contributed by atoms with E-state index < -0.39 is 11.9 Å². The lowest BCUT2D eigenvalue weighted by atomic mass is 9.87. The van der Waals surface area contributed by atoms with Crippen molar-refractivity contribution < 1.29 is 19.8 Å². The Morgan fingerprint density at radius 1 is 0.594 bits per heavy atom. The molecular weight excluding hydrogens is 400 g/mol. The first kappa shape index (κ1) is 20.6. The maximum Gasteiger partial charge on any atom is 0.336 e. The SMILES string of the molecule is O=C(O)c1ccc(-c2ccc(C(=O)O)c(C#Cc3ccccc3)c2-c2ccccc2)cc1. The maximum atomic E-state index is 12.1. The molecule has 0 aliphatic carbocycles. The number of hydrogen-bond donors (Lipinski definition) is 2. The summed E-state index contributed by atoms with van der Waals surface area (Å²) in [5.41, 5.74) is 4.54. The van der Waals surface area contributed by atoms with Crippen LogP contribution in [0.25, 0.3) is 22.3 Å². The van der Waals surface area contributed by atoms with Gasteiger partial charge in [0, 0.05) is 16.7 Å². The summed E-state index contributed by atoms with van der Waals surface area (Å²) < 4.78 is 0. The molecule has 0 radical (unpaired) electrons. The second kappa shape index (κ2) is 9.03. The minimum Gasteiger partial charge on any atom is -0.478 e. The standard InChI is InChI=1S/C28H18O4/c29-27(30)22-14-12-20(13-15-22)23-17-18-25(28(31)32)24(16-11-19-7-3-1-4-8-19)26(23)21-9-5-2-6-10-21/h1-10,12-15,17-18H,(H,29,30)(H,31,32). The quantitative estimate of drug-likeness (QED) is 0.410. The van der Waals surface area contributed by atoms with E-state index in [4.69, 9.17) is 0 Å². The summed E-state index contributed by atoms with van der Waals surface area (Å²) in [6.45, 7) is 0. The van der Waals surface area contributed by atoms with Gasteiger partial charge in [-0.15, -0.1) is 0 Å². The molecule has 0 aliphatic heterocycles. The van der Waals surface area contributed by atoms with Crippen LogP contribution in [0.3, 0.4) is 0 Å². The van der Waals surface area contributed by atoms with Gasteiger partial charge >= 0.3 is 11.9 Å². The predicted molar refractivity (Wildman–Crippen MR) is 124 cm³/mol. The first-order valence-corrected chi connectivity index (χ1v) is 9.91. The molecule has 4 heteroatoms. The molecule has 4 nitrogen and oxygen atoms in total. The molecule has 0 amide bonds. The van der Waals surface area contributed by atoms with Crippen molar-refractivity contribution in [2.24, 2.45) is 0 Å². The van der Waals surface area contributed by atoms with Crippen molar-refractivity contribution in [3.8, 4) is 34.1 Å². The van der Waals surface area contributed by atoms with E-state index in [1.165, 1.54) is 12.1 Å². The molecule has 0 bridgehead atoms. The third kappa shape index (κ3) is 4.28. The highest BCUT2D eigenvalue weighted by molar-refractivity contribution is 5.99. The molecule has 0 saturated heterocycles.